The Labute approximate surface area is 115 Å². The first-order valence-electron chi connectivity index (χ1n) is 6.62. The third kappa shape index (κ3) is 3.45. The second kappa shape index (κ2) is 5.88. The van der Waals surface area contributed by atoms with Crippen LogP contribution < -0.4 is 5.32 Å². The van der Waals surface area contributed by atoms with Crippen LogP contribution in [0.5, 0.6) is 0 Å². The lowest BCUT2D eigenvalue weighted by molar-refractivity contribution is 0.303. The quantitative estimate of drug-likeness (QED) is 0.866. The molecule has 0 aromatic carbocycles. The summed E-state index contributed by atoms with van der Waals surface area (Å²) in [4.78, 5) is 4.38. The summed E-state index contributed by atoms with van der Waals surface area (Å²) in [6, 6.07) is 3.31. The van der Waals surface area contributed by atoms with Gasteiger partial charge in [-0.15, -0.1) is 0 Å². The van der Waals surface area contributed by atoms with Gasteiger partial charge in [-0.1, -0.05) is 19.3 Å². The minimum Gasteiger partial charge on any atom is -0.370 e. The van der Waals surface area contributed by atoms with Crippen LogP contribution in [0, 0.1) is 5.92 Å². The fourth-order valence-electron chi connectivity index (χ4n) is 2.03. The van der Waals surface area contributed by atoms with Gasteiger partial charge < -0.3 is 5.32 Å². The van der Waals surface area contributed by atoms with E-state index < -0.39 is 10.0 Å². The first-order chi connectivity index (χ1) is 9.00. The van der Waals surface area contributed by atoms with Crippen molar-refractivity contribution in [1.29, 1.82) is 0 Å². The van der Waals surface area contributed by atoms with Crippen LogP contribution in [0.1, 0.15) is 25.7 Å². The Hall–Kier alpha value is -1.14. The van der Waals surface area contributed by atoms with Gasteiger partial charge in [-0.05, 0) is 24.5 Å². The number of nitrogens with one attached hydrogen (secondary N) is 1. The highest BCUT2D eigenvalue weighted by atomic mass is 32.2. The number of hydrogen-bond acceptors (Lipinski definition) is 4. The van der Waals surface area contributed by atoms with E-state index in [-0.39, 0.29) is 4.90 Å². The van der Waals surface area contributed by atoms with Crippen LogP contribution in [0.15, 0.2) is 23.2 Å². The molecule has 0 unspecified atom stereocenters. The molecule has 5 nitrogen and oxygen atoms in total. The average molecular weight is 283 g/mol. The molecule has 1 aromatic rings. The van der Waals surface area contributed by atoms with Gasteiger partial charge in [-0.25, -0.2) is 17.7 Å². The highest BCUT2D eigenvalue weighted by molar-refractivity contribution is 7.89. The van der Waals surface area contributed by atoms with Gasteiger partial charge >= 0.3 is 0 Å². The summed E-state index contributed by atoms with van der Waals surface area (Å²) in [6.45, 7) is 0.900. The molecular weight excluding hydrogens is 262 g/mol. The van der Waals surface area contributed by atoms with Crippen LogP contribution in [0.4, 0.5) is 5.82 Å². The molecule has 0 spiro atoms. The van der Waals surface area contributed by atoms with E-state index in [1.165, 1.54) is 50.3 Å². The van der Waals surface area contributed by atoms with Crippen LogP contribution in [0.2, 0.25) is 0 Å². The van der Waals surface area contributed by atoms with Gasteiger partial charge in [-0.3, -0.25) is 0 Å². The summed E-state index contributed by atoms with van der Waals surface area (Å²) in [5.74, 6) is 1.60. The van der Waals surface area contributed by atoms with Crippen LogP contribution in [-0.2, 0) is 10.0 Å². The smallest absolute Gasteiger partial charge is 0.244 e. The zero-order valence-electron chi connectivity index (χ0n) is 11.5. The van der Waals surface area contributed by atoms with E-state index in [1.807, 2.05) is 0 Å². The normalized spacial score (nSPS) is 16.4. The zero-order chi connectivity index (χ0) is 13.9. The molecule has 19 heavy (non-hydrogen) atoms. The first kappa shape index (κ1) is 14.3. The Bertz CT molecular complexity index is 507. The third-order valence-corrected chi connectivity index (χ3v) is 5.40. The molecule has 1 aliphatic rings. The molecule has 0 atom stereocenters. The van der Waals surface area contributed by atoms with Crippen LogP contribution in [0.25, 0.3) is 0 Å². The van der Waals surface area contributed by atoms with Gasteiger partial charge in [0.15, 0.2) is 0 Å². The molecule has 1 N–H and O–H groups in total. The standard InChI is InChI=1S/C13H21N3O2S/c1-16(2)19(17,18)12-6-7-13(15-10-12)14-9-8-11-4-3-5-11/h6-7,10-11H,3-5,8-9H2,1-2H3,(H,14,15). The molecule has 0 aliphatic heterocycles. The number of aromatic nitrogens is 1. The van der Waals surface area contributed by atoms with Gasteiger partial charge in [-0.2, -0.15) is 0 Å². The SMILES string of the molecule is CN(C)S(=O)(=O)c1ccc(NCCC2CCC2)nc1. The Morgan fingerprint density at radius 3 is 2.58 bits per heavy atom. The summed E-state index contributed by atoms with van der Waals surface area (Å²) < 4.78 is 24.9. The van der Waals surface area contributed by atoms with Crippen molar-refractivity contribution < 1.29 is 8.42 Å². The summed E-state index contributed by atoms with van der Waals surface area (Å²) in [5, 5.41) is 3.23. The number of sulfonamides is 1. The van der Waals surface area contributed by atoms with Crippen LogP contribution >= 0.6 is 0 Å². The van der Waals surface area contributed by atoms with Gasteiger partial charge in [0.05, 0.1) is 0 Å². The first-order valence-corrected chi connectivity index (χ1v) is 8.06. The van der Waals surface area contributed by atoms with E-state index in [0.29, 0.717) is 0 Å². The average Bonchev–Trinajstić information content (AvgIpc) is 2.33. The molecule has 1 fully saturated rings. The Balaban J connectivity index is 1.90. The van der Waals surface area contributed by atoms with Crippen molar-refractivity contribution in [2.45, 2.75) is 30.6 Å². The van der Waals surface area contributed by atoms with Crippen molar-refractivity contribution in [3.63, 3.8) is 0 Å². The highest BCUT2D eigenvalue weighted by Gasteiger charge is 2.18. The van der Waals surface area contributed by atoms with Crippen LogP contribution in [0.3, 0.4) is 0 Å². The van der Waals surface area contributed by atoms with Crippen molar-refractivity contribution in [2.75, 3.05) is 26.0 Å². The molecule has 6 heteroatoms. The number of hydrogen-bond donors (Lipinski definition) is 1. The minimum atomic E-state index is -3.38. The highest BCUT2D eigenvalue weighted by Crippen LogP contribution is 2.29. The number of pyridine rings is 1. The second-order valence-electron chi connectivity index (χ2n) is 5.18. The molecular formula is C13H21N3O2S. The molecule has 2 rings (SSSR count). The van der Waals surface area contributed by atoms with E-state index in [0.717, 1.165) is 18.3 Å². The van der Waals surface area contributed by atoms with Gasteiger partial charge in [0.25, 0.3) is 0 Å². The van der Waals surface area contributed by atoms with Gasteiger partial charge in [0.2, 0.25) is 10.0 Å². The topological polar surface area (TPSA) is 62.3 Å². The molecule has 0 radical (unpaired) electrons. The number of nitrogens with zero attached hydrogens (tertiary/aromatic N) is 2. The zero-order valence-corrected chi connectivity index (χ0v) is 12.3. The van der Waals surface area contributed by atoms with Gasteiger partial charge in [0.1, 0.15) is 10.7 Å². The van der Waals surface area contributed by atoms with Crippen molar-refractivity contribution in [2.24, 2.45) is 5.92 Å². The lowest BCUT2D eigenvalue weighted by Gasteiger charge is -2.25. The summed E-state index contributed by atoms with van der Waals surface area (Å²) in [7, 11) is -0.351. The molecule has 1 saturated carbocycles. The second-order valence-corrected chi connectivity index (χ2v) is 7.33. The Kier molecular flexibility index (Phi) is 4.42. The summed E-state index contributed by atoms with van der Waals surface area (Å²) in [6.07, 6.45) is 6.62. The van der Waals surface area contributed by atoms with Gasteiger partial charge in [0, 0.05) is 26.8 Å². The van der Waals surface area contributed by atoms with E-state index >= 15 is 0 Å². The molecule has 0 bridgehead atoms. The van der Waals surface area contributed by atoms with Crippen molar-refractivity contribution in [3.8, 4) is 0 Å². The van der Waals surface area contributed by atoms with Crippen molar-refractivity contribution >= 4 is 15.8 Å². The fourth-order valence-corrected chi connectivity index (χ4v) is 2.88. The maximum atomic E-state index is 11.9. The molecule has 1 aliphatic carbocycles. The lowest BCUT2D eigenvalue weighted by atomic mass is 9.83. The predicted molar refractivity (Wildman–Crippen MR) is 75.6 cm³/mol. The Morgan fingerprint density at radius 2 is 2.11 bits per heavy atom. The maximum absolute atomic E-state index is 11.9. The summed E-state index contributed by atoms with van der Waals surface area (Å²) in [5.41, 5.74) is 0. The molecule has 1 heterocycles. The minimum absolute atomic E-state index is 0.224. The van der Waals surface area contributed by atoms with E-state index in [9.17, 15) is 8.42 Å². The summed E-state index contributed by atoms with van der Waals surface area (Å²) >= 11 is 0. The van der Waals surface area contributed by atoms with E-state index in [1.54, 1.807) is 12.1 Å². The predicted octanol–water partition coefficient (Wildman–Crippen LogP) is 1.93. The fraction of sp³-hybridized carbons (Fsp3) is 0.615. The third-order valence-electron chi connectivity index (χ3n) is 3.60. The van der Waals surface area contributed by atoms with Crippen molar-refractivity contribution in [1.82, 2.24) is 9.29 Å². The number of rotatable bonds is 6. The largest absolute Gasteiger partial charge is 0.370 e. The van der Waals surface area contributed by atoms with E-state index in [4.69, 9.17) is 0 Å². The molecule has 0 saturated heterocycles. The number of anilines is 1. The van der Waals surface area contributed by atoms with Crippen molar-refractivity contribution in [3.05, 3.63) is 18.3 Å². The maximum Gasteiger partial charge on any atom is 0.244 e. The Morgan fingerprint density at radius 1 is 1.37 bits per heavy atom. The van der Waals surface area contributed by atoms with E-state index in [2.05, 4.69) is 10.3 Å². The molecule has 1 aromatic heterocycles. The monoisotopic (exact) mass is 283 g/mol. The molecule has 0 amide bonds. The van der Waals surface area contributed by atoms with Crippen LogP contribution in [-0.4, -0.2) is 38.3 Å². The molecule has 106 valence electrons. The lowest BCUT2D eigenvalue weighted by Crippen LogP contribution is -2.22.